The van der Waals surface area contributed by atoms with Crippen molar-refractivity contribution in [1.82, 2.24) is 0 Å². The lowest BCUT2D eigenvalue weighted by Gasteiger charge is -2.09. The molecule has 0 bridgehead atoms. The van der Waals surface area contributed by atoms with E-state index in [4.69, 9.17) is 21.2 Å². The van der Waals surface area contributed by atoms with E-state index >= 15 is 0 Å². The van der Waals surface area contributed by atoms with Gasteiger partial charge in [-0.3, -0.25) is 0 Å². The molecule has 2 atom stereocenters. The number of nitrogens with zero attached hydrogens (tertiary/aromatic N) is 1. The number of hydrogen-bond donors (Lipinski definition) is 0. The predicted molar refractivity (Wildman–Crippen MR) is 69.0 cm³/mol. The summed E-state index contributed by atoms with van der Waals surface area (Å²) < 4.78 is 5.46. The van der Waals surface area contributed by atoms with E-state index in [9.17, 15) is 0 Å². The monoisotopic (exact) mass is 253 g/mol. The Morgan fingerprint density at radius 1 is 1.59 bits per heavy atom. The van der Waals surface area contributed by atoms with Gasteiger partial charge in [-0.2, -0.15) is 0 Å². The number of benzene rings is 1. The van der Waals surface area contributed by atoms with Crippen LogP contribution in [0.4, 0.5) is 0 Å². The molecular formula is C13H16ClNO2. The first kappa shape index (κ1) is 12.2. The second kappa shape index (κ2) is 5.41. The normalized spacial score (nSPS) is 20.6. The van der Waals surface area contributed by atoms with Crippen molar-refractivity contribution in [2.75, 3.05) is 6.61 Å². The summed E-state index contributed by atoms with van der Waals surface area (Å²) in [4.78, 5) is 5.30. The number of oxime groups is 1. The molecule has 0 N–H and O–H groups in total. The Labute approximate surface area is 106 Å². The van der Waals surface area contributed by atoms with Gasteiger partial charge in [0.2, 0.25) is 0 Å². The van der Waals surface area contributed by atoms with E-state index in [0.29, 0.717) is 6.61 Å². The maximum atomic E-state index is 5.99. The van der Waals surface area contributed by atoms with Crippen LogP contribution in [0.2, 0.25) is 0 Å². The van der Waals surface area contributed by atoms with Crippen LogP contribution < -0.4 is 4.74 Å². The summed E-state index contributed by atoms with van der Waals surface area (Å²) in [5.41, 5.74) is 1.97. The molecule has 2 unspecified atom stereocenters. The molecule has 0 aromatic heterocycles. The van der Waals surface area contributed by atoms with E-state index in [1.807, 2.05) is 38.1 Å². The van der Waals surface area contributed by atoms with Gasteiger partial charge in [-0.05, 0) is 26.0 Å². The maximum Gasteiger partial charge on any atom is 0.149 e. The molecule has 3 nitrogen and oxygen atoms in total. The molecule has 1 aliphatic rings. The molecule has 0 saturated heterocycles. The fraction of sp³-hybridized carbons (Fsp3) is 0.462. The summed E-state index contributed by atoms with van der Waals surface area (Å²) in [5.74, 6) is 0.857. The molecule has 92 valence electrons. The zero-order chi connectivity index (χ0) is 12.3. The van der Waals surface area contributed by atoms with Crippen LogP contribution in [0.1, 0.15) is 25.8 Å². The molecule has 0 amide bonds. The third-order valence-electron chi connectivity index (χ3n) is 2.68. The Bertz CT molecular complexity index is 418. The highest BCUT2D eigenvalue weighted by atomic mass is 35.5. The highest BCUT2D eigenvalue weighted by Gasteiger charge is 2.26. The number of alkyl halides is 1. The quantitative estimate of drug-likeness (QED) is 0.772. The predicted octanol–water partition coefficient (Wildman–Crippen LogP) is 3.21. The van der Waals surface area contributed by atoms with Crippen LogP contribution in [0, 0.1) is 0 Å². The van der Waals surface area contributed by atoms with Gasteiger partial charge in [0, 0.05) is 12.0 Å². The fourth-order valence-corrected chi connectivity index (χ4v) is 1.88. The van der Waals surface area contributed by atoms with E-state index in [0.717, 1.165) is 23.4 Å². The van der Waals surface area contributed by atoms with Gasteiger partial charge in [0.15, 0.2) is 0 Å². The van der Waals surface area contributed by atoms with Gasteiger partial charge < -0.3 is 9.57 Å². The molecule has 17 heavy (non-hydrogen) atoms. The van der Waals surface area contributed by atoms with Gasteiger partial charge in [-0.1, -0.05) is 17.3 Å². The van der Waals surface area contributed by atoms with Crippen molar-refractivity contribution in [3.05, 3.63) is 29.8 Å². The molecule has 2 rings (SSSR count). The Morgan fingerprint density at radius 3 is 3.06 bits per heavy atom. The molecule has 0 fully saturated rings. The SMILES string of the molecule is CCOc1cccc(C2=NOC(C(C)Cl)C2)c1. The van der Waals surface area contributed by atoms with Gasteiger partial charge in [0.1, 0.15) is 11.9 Å². The van der Waals surface area contributed by atoms with Gasteiger partial charge in [-0.25, -0.2) is 0 Å². The third-order valence-corrected chi connectivity index (χ3v) is 2.96. The van der Waals surface area contributed by atoms with Gasteiger partial charge in [0.05, 0.1) is 17.7 Å². The minimum atomic E-state index is -0.0358. The number of ether oxygens (including phenoxy) is 1. The summed E-state index contributed by atoms with van der Waals surface area (Å²) in [5, 5.41) is 4.05. The van der Waals surface area contributed by atoms with Gasteiger partial charge in [0.25, 0.3) is 0 Å². The van der Waals surface area contributed by atoms with Crippen molar-refractivity contribution in [2.24, 2.45) is 5.16 Å². The van der Waals surface area contributed by atoms with Crippen molar-refractivity contribution < 1.29 is 9.57 Å². The smallest absolute Gasteiger partial charge is 0.149 e. The fourth-order valence-electron chi connectivity index (χ4n) is 1.75. The van der Waals surface area contributed by atoms with E-state index in [2.05, 4.69) is 5.16 Å². The lowest BCUT2D eigenvalue weighted by Crippen LogP contribution is -2.18. The molecule has 0 aliphatic carbocycles. The van der Waals surface area contributed by atoms with Crippen molar-refractivity contribution in [1.29, 1.82) is 0 Å². The van der Waals surface area contributed by atoms with Crippen molar-refractivity contribution in [3.8, 4) is 5.75 Å². The average molecular weight is 254 g/mol. The van der Waals surface area contributed by atoms with Crippen LogP contribution in [0.25, 0.3) is 0 Å². The zero-order valence-electron chi connectivity index (χ0n) is 10.0. The maximum absolute atomic E-state index is 5.99. The molecular weight excluding hydrogens is 238 g/mol. The number of hydrogen-bond acceptors (Lipinski definition) is 3. The van der Waals surface area contributed by atoms with Crippen LogP contribution in [0.5, 0.6) is 5.75 Å². The first-order chi connectivity index (χ1) is 8.20. The van der Waals surface area contributed by atoms with E-state index in [1.54, 1.807) is 0 Å². The summed E-state index contributed by atoms with van der Waals surface area (Å²) in [6, 6.07) is 7.88. The van der Waals surface area contributed by atoms with E-state index in [-0.39, 0.29) is 11.5 Å². The first-order valence-electron chi connectivity index (χ1n) is 5.80. The summed E-state index contributed by atoms with van der Waals surface area (Å²) >= 11 is 5.99. The summed E-state index contributed by atoms with van der Waals surface area (Å²) in [7, 11) is 0. The molecule has 1 aromatic carbocycles. The topological polar surface area (TPSA) is 30.8 Å². The van der Waals surface area contributed by atoms with Crippen LogP contribution in [0.3, 0.4) is 0 Å². The molecule has 0 saturated carbocycles. The van der Waals surface area contributed by atoms with Gasteiger partial charge in [-0.15, -0.1) is 11.6 Å². The Hall–Kier alpha value is -1.22. The minimum absolute atomic E-state index is 0.0255. The average Bonchev–Trinajstić information content (AvgIpc) is 2.79. The second-order valence-corrected chi connectivity index (χ2v) is 4.71. The largest absolute Gasteiger partial charge is 0.494 e. The van der Waals surface area contributed by atoms with Crippen molar-refractivity contribution in [3.63, 3.8) is 0 Å². The summed E-state index contributed by atoms with van der Waals surface area (Å²) in [6.07, 6.45) is 0.725. The first-order valence-corrected chi connectivity index (χ1v) is 6.24. The second-order valence-electron chi connectivity index (χ2n) is 4.02. The van der Waals surface area contributed by atoms with Crippen molar-refractivity contribution in [2.45, 2.75) is 31.7 Å². The highest BCUT2D eigenvalue weighted by molar-refractivity contribution is 6.21. The van der Waals surface area contributed by atoms with Crippen LogP contribution in [0.15, 0.2) is 29.4 Å². The number of rotatable bonds is 4. The Balaban J connectivity index is 2.10. The molecule has 1 aliphatic heterocycles. The number of halogens is 1. The lowest BCUT2D eigenvalue weighted by atomic mass is 10.0. The third kappa shape index (κ3) is 2.91. The minimum Gasteiger partial charge on any atom is -0.494 e. The molecule has 0 spiro atoms. The molecule has 0 radical (unpaired) electrons. The standard InChI is InChI=1S/C13H16ClNO2/c1-3-16-11-6-4-5-10(7-11)12-8-13(9(2)14)17-15-12/h4-7,9,13H,3,8H2,1-2H3. The van der Waals surface area contributed by atoms with Crippen LogP contribution in [-0.4, -0.2) is 23.8 Å². The van der Waals surface area contributed by atoms with Crippen LogP contribution in [-0.2, 0) is 4.84 Å². The molecule has 1 aromatic rings. The lowest BCUT2D eigenvalue weighted by molar-refractivity contribution is 0.0855. The summed E-state index contributed by atoms with van der Waals surface area (Å²) in [6.45, 7) is 4.54. The van der Waals surface area contributed by atoms with Crippen LogP contribution >= 0.6 is 11.6 Å². The van der Waals surface area contributed by atoms with E-state index < -0.39 is 0 Å². The molecule has 4 heteroatoms. The van der Waals surface area contributed by atoms with Crippen molar-refractivity contribution >= 4 is 17.3 Å². The zero-order valence-corrected chi connectivity index (χ0v) is 10.8. The Kier molecular flexibility index (Phi) is 3.89. The highest BCUT2D eigenvalue weighted by Crippen LogP contribution is 2.23. The van der Waals surface area contributed by atoms with E-state index in [1.165, 1.54) is 0 Å². The Morgan fingerprint density at radius 2 is 2.41 bits per heavy atom. The molecule has 1 heterocycles. The van der Waals surface area contributed by atoms with Gasteiger partial charge >= 0.3 is 0 Å².